The fourth-order valence-corrected chi connectivity index (χ4v) is 3.35. The Hall–Kier alpha value is -3.90. The standard InChI is InChI=1S/C21H16ClF3N6O3/c1-34-15-6-13(22)5-14(7-15)28-20-27-10-16(11-4-12(19(32)33)9-26-8-11)18(29-20)31-3-2-17(30-31)21(23,24)25/h2-10,17,30H,1H3,(H,32,33)(H,27,28,29). The number of anilines is 3. The lowest BCUT2D eigenvalue weighted by Gasteiger charge is -2.23. The topological polar surface area (TPSA) is 112 Å². The normalized spacial score (nSPS) is 15.4. The van der Waals surface area contributed by atoms with Crippen molar-refractivity contribution in [2.45, 2.75) is 12.2 Å². The van der Waals surface area contributed by atoms with Gasteiger partial charge in [-0.1, -0.05) is 11.6 Å². The highest BCUT2D eigenvalue weighted by Gasteiger charge is 2.41. The molecule has 3 aromatic rings. The Morgan fingerprint density at radius 1 is 1.24 bits per heavy atom. The van der Waals surface area contributed by atoms with Gasteiger partial charge in [-0.25, -0.2) is 15.2 Å². The number of carboxylic acid groups (broad SMARTS) is 1. The van der Waals surface area contributed by atoms with Crippen molar-refractivity contribution in [1.82, 2.24) is 20.4 Å². The maximum Gasteiger partial charge on any atom is 0.409 e. The zero-order valence-corrected chi connectivity index (χ0v) is 18.1. The van der Waals surface area contributed by atoms with Gasteiger partial charge in [0, 0.05) is 52.7 Å². The second-order valence-corrected chi connectivity index (χ2v) is 7.50. The highest BCUT2D eigenvalue weighted by atomic mass is 35.5. The summed E-state index contributed by atoms with van der Waals surface area (Å²) in [6, 6.07) is 4.23. The number of carboxylic acids is 1. The Morgan fingerprint density at radius 3 is 2.71 bits per heavy atom. The van der Waals surface area contributed by atoms with E-state index >= 15 is 0 Å². The van der Waals surface area contributed by atoms with Gasteiger partial charge in [-0.3, -0.25) is 9.99 Å². The van der Waals surface area contributed by atoms with Gasteiger partial charge >= 0.3 is 12.1 Å². The number of halogens is 4. The summed E-state index contributed by atoms with van der Waals surface area (Å²) in [7, 11) is 1.47. The van der Waals surface area contributed by atoms with Crippen LogP contribution < -0.4 is 20.5 Å². The van der Waals surface area contributed by atoms with Crippen LogP contribution in [0.2, 0.25) is 5.02 Å². The first kappa shape index (κ1) is 23.3. The Balaban J connectivity index is 1.75. The summed E-state index contributed by atoms with van der Waals surface area (Å²) in [4.78, 5) is 23.9. The number of hydrogen-bond acceptors (Lipinski definition) is 8. The molecule has 0 saturated heterocycles. The van der Waals surface area contributed by atoms with Crippen LogP contribution in [-0.2, 0) is 0 Å². The number of aromatic nitrogens is 3. The first-order valence-corrected chi connectivity index (χ1v) is 9.99. The lowest BCUT2D eigenvalue weighted by Crippen LogP contribution is -2.44. The lowest BCUT2D eigenvalue weighted by atomic mass is 10.1. The number of rotatable bonds is 6. The van der Waals surface area contributed by atoms with Gasteiger partial charge in [-0.15, -0.1) is 0 Å². The highest BCUT2D eigenvalue weighted by Crippen LogP contribution is 2.34. The highest BCUT2D eigenvalue weighted by molar-refractivity contribution is 6.31. The molecule has 1 aromatic carbocycles. The van der Waals surface area contributed by atoms with Crippen LogP contribution in [0.3, 0.4) is 0 Å². The van der Waals surface area contributed by atoms with E-state index in [1.54, 1.807) is 18.2 Å². The summed E-state index contributed by atoms with van der Waals surface area (Å²) < 4.78 is 44.8. The Bertz CT molecular complexity index is 1270. The van der Waals surface area contributed by atoms with Crippen molar-refractivity contribution in [3.8, 4) is 16.9 Å². The number of aromatic carboxylic acids is 1. The minimum Gasteiger partial charge on any atom is -0.497 e. The second-order valence-electron chi connectivity index (χ2n) is 7.06. The third-order valence-corrected chi connectivity index (χ3v) is 4.93. The maximum atomic E-state index is 13.2. The number of hydrazine groups is 1. The van der Waals surface area contributed by atoms with Crippen molar-refractivity contribution in [2.75, 3.05) is 17.4 Å². The summed E-state index contributed by atoms with van der Waals surface area (Å²) in [5.41, 5.74) is 3.25. The number of nitrogens with zero attached hydrogens (tertiary/aromatic N) is 4. The number of benzene rings is 1. The Labute approximate surface area is 195 Å². The quantitative estimate of drug-likeness (QED) is 0.460. The van der Waals surface area contributed by atoms with Crippen molar-refractivity contribution >= 4 is 35.0 Å². The van der Waals surface area contributed by atoms with Crippen LogP contribution in [0, 0.1) is 0 Å². The second kappa shape index (κ2) is 9.15. The van der Waals surface area contributed by atoms with Crippen LogP contribution in [0.15, 0.2) is 55.1 Å². The molecule has 0 bridgehead atoms. The summed E-state index contributed by atoms with van der Waals surface area (Å²) in [6.45, 7) is 0. The molecule has 0 aliphatic carbocycles. The number of hydrogen-bond donors (Lipinski definition) is 3. The van der Waals surface area contributed by atoms with Gasteiger partial charge in [-0.05, 0) is 24.3 Å². The Morgan fingerprint density at radius 2 is 2.03 bits per heavy atom. The molecule has 1 unspecified atom stereocenters. The van der Waals surface area contributed by atoms with Crippen LogP contribution in [0.1, 0.15) is 10.4 Å². The van der Waals surface area contributed by atoms with Gasteiger partial charge in [0.15, 0.2) is 5.82 Å². The Kier molecular flexibility index (Phi) is 6.26. The van der Waals surface area contributed by atoms with Crippen molar-refractivity contribution < 1.29 is 27.8 Å². The average molecular weight is 493 g/mol. The van der Waals surface area contributed by atoms with Gasteiger partial charge in [-0.2, -0.15) is 18.2 Å². The fraction of sp³-hybridized carbons (Fsp3) is 0.143. The molecule has 0 saturated carbocycles. The van der Waals surface area contributed by atoms with E-state index in [0.717, 1.165) is 17.3 Å². The lowest BCUT2D eigenvalue weighted by molar-refractivity contribution is -0.142. The fourth-order valence-electron chi connectivity index (χ4n) is 3.13. The third-order valence-electron chi connectivity index (χ3n) is 4.71. The van der Waals surface area contributed by atoms with E-state index in [0.29, 0.717) is 22.0 Å². The molecule has 9 nitrogen and oxygen atoms in total. The molecule has 176 valence electrons. The van der Waals surface area contributed by atoms with Crippen LogP contribution in [0.25, 0.3) is 11.1 Å². The van der Waals surface area contributed by atoms with Gasteiger partial charge in [0.2, 0.25) is 5.95 Å². The average Bonchev–Trinajstić information content (AvgIpc) is 3.29. The van der Waals surface area contributed by atoms with E-state index in [9.17, 15) is 23.1 Å². The first-order chi connectivity index (χ1) is 16.1. The predicted molar refractivity (Wildman–Crippen MR) is 118 cm³/mol. The van der Waals surface area contributed by atoms with Crippen molar-refractivity contribution in [3.05, 3.63) is 65.7 Å². The van der Waals surface area contributed by atoms with Crippen LogP contribution in [0.5, 0.6) is 5.75 Å². The number of pyridine rings is 1. The molecule has 3 N–H and O–H groups in total. The molecular weight excluding hydrogens is 477 g/mol. The zero-order valence-electron chi connectivity index (χ0n) is 17.3. The molecule has 1 atom stereocenters. The molecular formula is C21H16ClF3N6O3. The van der Waals surface area contributed by atoms with E-state index in [4.69, 9.17) is 16.3 Å². The van der Waals surface area contributed by atoms with Crippen LogP contribution >= 0.6 is 11.6 Å². The molecule has 1 aliphatic rings. The largest absolute Gasteiger partial charge is 0.497 e. The first-order valence-electron chi connectivity index (χ1n) is 9.62. The van der Waals surface area contributed by atoms with E-state index in [1.807, 2.05) is 0 Å². The van der Waals surface area contributed by atoms with Gasteiger partial charge in [0.1, 0.15) is 11.8 Å². The number of nitrogens with one attached hydrogen (secondary N) is 2. The molecule has 0 radical (unpaired) electrons. The number of carbonyl (C=O) groups is 1. The molecule has 2 aromatic heterocycles. The minimum absolute atomic E-state index is 0.0406. The van der Waals surface area contributed by atoms with Crippen molar-refractivity contribution in [1.29, 1.82) is 0 Å². The molecule has 34 heavy (non-hydrogen) atoms. The van der Waals surface area contributed by atoms with Crippen LogP contribution in [0.4, 0.5) is 30.6 Å². The smallest absolute Gasteiger partial charge is 0.409 e. The minimum atomic E-state index is -4.53. The molecule has 3 heterocycles. The van der Waals surface area contributed by atoms with Crippen LogP contribution in [-0.4, -0.2) is 45.4 Å². The van der Waals surface area contributed by atoms with E-state index < -0.39 is 18.2 Å². The number of methoxy groups -OCH3 is 1. The maximum absolute atomic E-state index is 13.2. The van der Waals surface area contributed by atoms with Crippen molar-refractivity contribution in [2.24, 2.45) is 0 Å². The van der Waals surface area contributed by atoms with Gasteiger partial charge in [0.05, 0.1) is 12.7 Å². The number of ether oxygens (including phenoxy) is 1. The summed E-state index contributed by atoms with van der Waals surface area (Å²) in [5.74, 6) is -0.642. The molecule has 0 fully saturated rings. The zero-order chi connectivity index (χ0) is 24.5. The molecule has 1 aliphatic heterocycles. The SMILES string of the molecule is COc1cc(Cl)cc(Nc2ncc(-c3cncc(C(=O)O)c3)c(N3C=CC(C(F)(F)F)N3)n2)c1. The van der Waals surface area contributed by atoms with Gasteiger partial charge in [0.25, 0.3) is 0 Å². The molecule has 4 rings (SSSR count). The van der Waals surface area contributed by atoms with E-state index in [1.165, 1.54) is 31.8 Å². The monoisotopic (exact) mass is 492 g/mol. The predicted octanol–water partition coefficient (Wildman–Crippen LogP) is 4.41. The molecule has 0 spiro atoms. The van der Waals surface area contributed by atoms with Crippen molar-refractivity contribution in [3.63, 3.8) is 0 Å². The van der Waals surface area contributed by atoms with Gasteiger partial charge < -0.3 is 15.2 Å². The molecule has 13 heteroatoms. The third kappa shape index (κ3) is 5.02. The van der Waals surface area contributed by atoms with E-state index in [2.05, 4.69) is 25.7 Å². The summed E-state index contributed by atoms with van der Waals surface area (Å²) in [6.07, 6.45) is 1.47. The summed E-state index contributed by atoms with van der Waals surface area (Å²) in [5, 5.41) is 13.7. The number of alkyl halides is 3. The van der Waals surface area contributed by atoms with E-state index in [-0.39, 0.29) is 22.9 Å². The molecule has 0 amide bonds. The summed E-state index contributed by atoms with van der Waals surface area (Å²) >= 11 is 6.08.